The van der Waals surface area contributed by atoms with Crippen molar-refractivity contribution in [2.24, 2.45) is 0 Å². The zero-order valence-corrected chi connectivity index (χ0v) is 27.3. The number of unbranched alkanes of at least 4 members (excludes halogenated alkanes) is 6. The molecule has 19 nitrogen and oxygen atoms in total. The Bertz CT molecular complexity index is 2050. The minimum atomic E-state index is 0.459. The maximum atomic E-state index is 4.75. The molecule has 7 rings (SSSR count). The van der Waals surface area contributed by atoms with Gasteiger partial charge in [-0.15, -0.1) is 35.7 Å². The number of nitrogens with zero attached hydrogens (tertiary/aromatic N) is 19. The number of hydrogen-bond donors (Lipinski definition) is 0. The van der Waals surface area contributed by atoms with E-state index in [0.717, 1.165) is 51.4 Å². The molecule has 0 atom stereocenters. The lowest BCUT2D eigenvalue weighted by Crippen LogP contribution is -2.05. The van der Waals surface area contributed by atoms with Crippen LogP contribution in [0.3, 0.4) is 0 Å². The molecule has 0 fully saturated rings. The molecule has 0 N–H and O–H groups in total. The van der Waals surface area contributed by atoms with Gasteiger partial charge in [0.25, 0.3) is 0 Å². The highest BCUT2D eigenvalue weighted by molar-refractivity contribution is 5.56. The fraction of sp³-hybridized carbons (Fsp3) is 0.387. The van der Waals surface area contributed by atoms with E-state index in [1.165, 1.54) is 0 Å². The Kier molecular flexibility index (Phi) is 10.5. The van der Waals surface area contributed by atoms with Crippen molar-refractivity contribution in [2.75, 3.05) is 0 Å². The van der Waals surface area contributed by atoms with Crippen LogP contribution in [0.5, 0.6) is 0 Å². The van der Waals surface area contributed by atoms with Gasteiger partial charge in [-0.1, -0.05) is 43.9 Å². The zero-order chi connectivity index (χ0) is 33.8. The third-order valence-corrected chi connectivity index (χ3v) is 7.83. The molecule has 50 heavy (non-hydrogen) atoms. The van der Waals surface area contributed by atoms with Crippen LogP contribution >= 0.6 is 0 Å². The molecule has 0 aromatic carbocycles. The van der Waals surface area contributed by atoms with Gasteiger partial charge in [0, 0.05) is 18.9 Å². The highest BCUT2D eigenvalue weighted by Crippen LogP contribution is 2.19. The second-order valence-corrected chi connectivity index (χ2v) is 11.5. The summed E-state index contributed by atoms with van der Waals surface area (Å²) in [6.07, 6.45) is 11.2. The highest BCUT2D eigenvalue weighted by Gasteiger charge is 2.14. The molecule has 0 aliphatic heterocycles. The number of tetrazole rings is 4. The summed E-state index contributed by atoms with van der Waals surface area (Å²) in [5.41, 5.74) is 2.70. The van der Waals surface area contributed by atoms with Gasteiger partial charge in [-0.3, -0.25) is 9.97 Å². The van der Waals surface area contributed by atoms with Gasteiger partial charge in [-0.05, 0) is 88.1 Å². The van der Waals surface area contributed by atoms with E-state index in [4.69, 9.17) is 4.98 Å². The molecular formula is C31H35N19. The Morgan fingerprint density at radius 2 is 0.900 bits per heavy atom. The fourth-order valence-corrected chi connectivity index (χ4v) is 5.26. The number of aromatic nitrogens is 19. The van der Waals surface area contributed by atoms with Gasteiger partial charge in [0.1, 0.15) is 22.8 Å². The van der Waals surface area contributed by atoms with E-state index in [9.17, 15) is 0 Å². The van der Waals surface area contributed by atoms with Gasteiger partial charge < -0.3 is 0 Å². The van der Waals surface area contributed by atoms with Gasteiger partial charge in [0.2, 0.25) is 23.3 Å². The molecule has 0 amide bonds. The van der Waals surface area contributed by atoms with E-state index < -0.39 is 0 Å². The van der Waals surface area contributed by atoms with Crippen LogP contribution in [-0.2, 0) is 26.2 Å². The molecule has 254 valence electrons. The Labute approximate surface area is 286 Å². The van der Waals surface area contributed by atoms with E-state index in [1.54, 1.807) is 31.5 Å². The van der Waals surface area contributed by atoms with Gasteiger partial charge >= 0.3 is 0 Å². The van der Waals surface area contributed by atoms with Crippen molar-refractivity contribution in [2.45, 2.75) is 77.5 Å². The zero-order valence-electron chi connectivity index (χ0n) is 27.3. The lowest BCUT2D eigenvalue weighted by molar-refractivity contribution is 0.449. The molecule has 7 aromatic heterocycles. The maximum absolute atomic E-state index is 4.75. The number of rotatable bonds is 18. The van der Waals surface area contributed by atoms with Crippen molar-refractivity contribution in [3.05, 3.63) is 67.0 Å². The van der Waals surface area contributed by atoms with E-state index in [2.05, 4.69) is 71.7 Å². The molecule has 0 unspecified atom stereocenters. The molecule has 0 bridgehead atoms. The quantitative estimate of drug-likeness (QED) is 0.120. The second kappa shape index (κ2) is 16.2. The summed E-state index contributed by atoms with van der Waals surface area (Å²) in [7, 11) is 0. The van der Waals surface area contributed by atoms with Gasteiger partial charge in [-0.25, -0.2) is 9.67 Å². The van der Waals surface area contributed by atoms with Crippen LogP contribution < -0.4 is 0 Å². The summed E-state index contributed by atoms with van der Waals surface area (Å²) in [6, 6.07) is 16.9. The summed E-state index contributed by atoms with van der Waals surface area (Å²) in [6.45, 7) is 2.74. The predicted octanol–water partition coefficient (Wildman–Crippen LogP) is 3.01. The Morgan fingerprint density at radius 3 is 1.42 bits per heavy atom. The first kappa shape index (κ1) is 32.3. The maximum Gasteiger partial charge on any atom is 0.223 e. The van der Waals surface area contributed by atoms with Crippen molar-refractivity contribution >= 4 is 0 Å². The Morgan fingerprint density at radius 1 is 0.420 bits per heavy atom. The normalized spacial score (nSPS) is 11.4. The van der Waals surface area contributed by atoms with Gasteiger partial charge in [0.05, 0.1) is 19.6 Å². The SMILES string of the molecule is c1ccc(-c2nnn(CCCCCCn3nnc(-c4cccc(-c5nnnn5CCCCCCn5nnc(-c6ccccn6)n5)n4)n3)n2)nc1. The van der Waals surface area contributed by atoms with Crippen LogP contribution in [0.2, 0.25) is 0 Å². The van der Waals surface area contributed by atoms with Crippen molar-refractivity contribution in [1.29, 1.82) is 0 Å². The van der Waals surface area contributed by atoms with Crippen molar-refractivity contribution in [1.82, 2.24) is 95.8 Å². The van der Waals surface area contributed by atoms with Crippen LogP contribution in [0.1, 0.15) is 51.4 Å². The fourth-order valence-electron chi connectivity index (χ4n) is 5.26. The molecule has 0 aliphatic carbocycles. The number of pyridine rings is 3. The molecular weight excluding hydrogens is 638 g/mol. The van der Waals surface area contributed by atoms with Crippen molar-refractivity contribution in [3.8, 4) is 46.1 Å². The number of aryl methyl sites for hydroxylation is 4. The largest absolute Gasteiger partial charge is 0.253 e. The summed E-state index contributed by atoms with van der Waals surface area (Å²) in [5, 5.41) is 50.7. The minimum Gasteiger partial charge on any atom is -0.253 e. The van der Waals surface area contributed by atoms with E-state index in [0.29, 0.717) is 72.3 Å². The van der Waals surface area contributed by atoms with E-state index >= 15 is 0 Å². The molecule has 7 heterocycles. The van der Waals surface area contributed by atoms with Crippen molar-refractivity contribution < 1.29 is 0 Å². The third kappa shape index (κ3) is 8.41. The average molecular weight is 674 g/mol. The van der Waals surface area contributed by atoms with E-state index in [-0.39, 0.29) is 0 Å². The van der Waals surface area contributed by atoms with Crippen LogP contribution in [0.4, 0.5) is 0 Å². The summed E-state index contributed by atoms with van der Waals surface area (Å²) >= 11 is 0. The Hall–Kier alpha value is -6.27. The second-order valence-electron chi connectivity index (χ2n) is 11.5. The highest BCUT2D eigenvalue weighted by atomic mass is 15.6. The predicted molar refractivity (Wildman–Crippen MR) is 177 cm³/mol. The summed E-state index contributed by atoms with van der Waals surface area (Å²) in [4.78, 5) is 18.1. The summed E-state index contributed by atoms with van der Waals surface area (Å²) < 4.78 is 1.78. The van der Waals surface area contributed by atoms with Gasteiger partial charge in [0.15, 0.2) is 0 Å². The standard InChI is InChI=1S/C31H35N19/c1(2-10-21-48-39-28(35-43-48)24-14-5-7-18-32-24)9-20-47-31(38-42-46-47)27-17-13-16-26(34-27)30-37-45-50(41-30)23-12-4-3-11-22-49-40-29(36-44-49)25-15-6-8-19-33-25/h5-8,13-19H,1-4,9-12,20-23H2. The molecule has 0 spiro atoms. The monoisotopic (exact) mass is 673 g/mol. The van der Waals surface area contributed by atoms with Crippen molar-refractivity contribution in [3.63, 3.8) is 0 Å². The molecule has 19 heteroatoms. The van der Waals surface area contributed by atoms with Crippen LogP contribution in [0, 0.1) is 0 Å². The molecule has 0 aliphatic rings. The first-order valence-electron chi connectivity index (χ1n) is 16.7. The Balaban J connectivity index is 0.822. The lowest BCUT2D eigenvalue weighted by atomic mass is 10.2. The first-order chi connectivity index (χ1) is 24.8. The van der Waals surface area contributed by atoms with Crippen LogP contribution in [-0.4, -0.2) is 95.8 Å². The topological polar surface area (TPSA) is 213 Å². The number of hydrogen-bond acceptors (Lipinski definition) is 15. The van der Waals surface area contributed by atoms with E-state index in [1.807, 2.05) is 54.6 Å². The summed E-state index contributed by atoms with van der Waals surface area (Å²) in [5.74, 6) is 2.13. The third-order valence-electron chi connectivity index (χ3n) is 7.83. The lowest BCUT2D eigenvalue weighted by Gasteiger charge is -2.05. The molecule has 0 saturated carbocycles. The smallest absolute Gasteiger partial charge is 0.223 e. The minimum absolute atomic E-state index is 0.459. The molecule has 7 aromatic rings. The van der Waals surface area contributed by atoms with Crippen LogP contribution in [0.25, 0.3) is 46.1 Å². The average Bonchev–Trinajstić information content (AvgIpc) is 4.00. The molecule has 0 saturated heterocycles. The first-order valence-corrected chi connectivity index (χ1v) is 16.7. The van der Waals surface area contributed by atoms with Crippen LogP contribution in [0.15, 0.2) is 67.0 Å². The van der Waals surface area contributed by atoms with Gasteiger partial charge in [-0.2, -0.15) is 14.4 Å². The molecule has 0 radical (unpaired) electrons.